The Bertz CT molecular complexity index is 929. The fourth-order valence-electron chi connectivity index (χ4n) is 2.79. The van der Waals surface area contributed by atoms with Gasteiger partial charge in [0.1, 0.15) is 11.6 Å². The first-order valence-electron chi connectivity index (χ1n) is 9.19. The molecule has 3 rings (SSSR count). The number of nitrogens with one attached hydrogen (secondary N) is 2. The summed E-state index contributed by atoms with van der Waals surface area (Å²) in [6, 6.07) is 11.6. The molecule has 0 fully saturated rings. The van der Waals surface area contributed by atoms with E-state index in [1.54, 1.807) is 35.4 Å². The van der Waals surface area contributed by atoms with Gasteiger partial charge in [0.15, 0.2) is 5.96 Å². The van der Waals surface area contributed by atoms with Crippen LogP contribution in [0, 0.1) is 11.6 Å². The van der Waals surface area contributed by atoms with Gasteiger partial charge >= 0.3 is 0 Å². The zero-order chi connectivity index (χ0) is 19.8. The lowest BCUT2D eigenvalue weighted by molar-refractivity contribution is 0.615. The van der Waals surface area contributed by atoms with Crippen LogP contribution in [0.4, 0.5) is 8.78 Å². The maximum Gasteiger partial charge on any atom is 0.191 e. The van der Waals surface area contributed by atoms with Crippen molar-refractivity contribution in [3.05, 3.63) is 83.9 Å². The van der Waals surface area contributed by atoms with Gasteiger partial charge in [0.05, 0.1) is 18.6 Å². The highest BCUT2D eigenvalue weighted by Crippen LogP contribution is 2.15. The molecule has 29 heavy (non-hydrogen) atoms. The lowest BCUT2D eigenvalue weighted by atomic mass is 10.1. The van der Waals surface area contributed by atoms with Crippen LogP contribution >= 0.6 is 24.0 Å². The van der Waals surface area contributed by atoms with Crippen molar-refractivity contribution in [1.82, 2.24) is 20.2 Å². The summed E-state index contributed by atoms with van der Waals surface area (Å²) in [5, 5.41) is 6.38. The molecular formula is C21H24F2IN5. The van der Waals surface area contributed by atoms with Gasteiger partial charge < -0.3 is 15.2 Å². The third kappa shape index (κ3) is 6.81. The second kappa shape index (κ2) is 11.5. The van der Waals surface area contributed by atoms with Crippen LogP contribution in [0.15, 0.2) is 66.2 Å². The van der Waals surface area contributed by atoms with Crippen LogP contribution in [0.1, 0.15) is 18.1 Å². The van der Waals surface area contributed by atoms with Crippen molar-refractivity contribution in [2.24, 2.45) is 4.99 Å². The Morgan fingerprint density at radius 3 is 2.66 bits per heavy atom. The molecule has 0 radical (unpaired) electrons. The van der Waals surface area contributed by atoms with E-state index in [-0.39, 0.29) is 35.6 Å². The Morgan fingerprint density at radius 1 is 1.10 bits per heavy atom. The van der Waals surface area contributed by atoms with Crippen molar-refractivity contribution >= 4 is 29.9 Å². The fraction of sp³-hybridized carbons (Fsp3) is 0.238. The number of nitrogens with zero attached hydrogens (tertiary/aromatic N) is 3. The first-order valence-corrected chi connectivity index (χ1v) is 9.19. The Morgan fingerprint density at radius 2 is 1.97 bits per heavy atom. The standard InChI is InChI=1S/C21H23F2N5.HI/c1-2-25-21(26-9-8-16-4-3-5-18(22)12-16)27-14-17-6-7-20(19(23)13-17)28-11-10-24-15-28;/h3-7,10-13,15H,2,8-9,14H2,1H3,(H2,25,26,27);1H. The summed E-state index contributed by atoms with van der Waals surface area (Å²) in [5.74, 6) is 0.0759. The highest BCUT2D eigenvalue weighted by atomic mass is 127. The van der Waals surface area contributed by atoms with Gasteiger partial charge in [0.25, 0.3) is 0 Å². The molecule has 0 saturated carbocycles. The van der Waals surface area contributed by atoms with Crippen molar-refractivity contribution in [3.63, 3.8) is 0 Å². The molecule has 0 spiro atoms. The van der Waals surface area contributed by atoms with E-state index >= 15 is 0 Å². The van der Waals surface area contributed by atoms with Crippen LogP contribution < -0.4 is 10.6 Å². The molecule has 0 aliphatic rings. The molecule has 0 aliphatic heterocycles. The zero-order valence-corrected chi connectivity index (χ0v) is 18.4. The molecular weight excluding hydrogens is 487 g/mol. The molecule has 0 amide bonds. The van der Waals surface area contributed by atoms with Crippen molar-refractivity contribution < 1.29 is 8.78 Å². The minimum Gasteiger partial charge on any atom is -0.357 e. The fourth-order valence-corrected chi connectivity index (χ4v) is 2.79. The quantitative estimate of drug-likeness (QED) is 0.286. The van der Waals surface area contributed by atoms with E-state index in [1.807, 2.05) is 19.1 Å². The Balaban J connectivity index is 0.00000300. The average molecular weight is 511 g/mol. The van der Waals surface area contributed by atoms with Gasteiger partial charge in [-0.3, -0.25) is 0 Å². The summed E-state index contributed by atoms with van der Waals surface area (Å²) in [4.78, 5) is 8.43. The van der Waals surface area contributed by atoms with Gasteiger partial charge in [-0.2, -0.15) is 0 Å². The van der Waals surface area contributed by atoms with Gasteiger partial charge in [-0.25, -0.2) is 18.8 Å². The number of aliphatic imine (C=N–C) groups is 1. The largest absolute Gasteiger partial charge is 0.357 e. The van der Waals surface area contributed by atoms with E-state index in [0.29, 0.717) is 37.7 Å². The monoisotopic (exact) mass is 511 g/mol. The van der Waals surface area contributed by atoms with E-state index in [2.05, 4.69) is 20.6 Å². The predicted octanol–water partition coefficient (Wildman–Crippen LogP) is 4.07. The zero-order valence-electron chi connectivity index (χ0n) is 16.1. The molecule has 0 unspecified atom stereocenters. The molecule has 0 atom stereocenters. The lowest BCUT2D eigenvalue weighted by Gasteiger charge is -2.12. The molecule has 1 aromatic heterocycles. The summed E-state index contributed by atoms with van der Waals surface area (Å²) in [5.41, 5.74) is 2.13. The van der Waals surface area contributed by atoms with Crippen LogP contribution in [0.25, 0.3) is 5.69 Å². The molecule has 154 valence electrons. The summed E-state index contributed by atoms with van der Waals surface area (Å²) < 4.78 is 29.2. The molecule has 1 heterocycles. The third-order valence-corrected chi connectivity index (χ3v) is 4.15. The Hall–Kier alpha value is -2.49. The van der Waals surface area contributed by atoms with Gasteiger partial charge in [0.2, 0.25) is 0 Å². The number of benzene rings is 2. The third-order valence-electron chi connectivity index (χ3n) is 4.15. The molecule has 0 aliphatic carbocycles. The molecule has 2 aromatic carbocycles. The first kappa shape index (κ1) is 22.8. The summed E-state index contributed by atoms with van der Waals surface area (Å²) >= 11 is 0. The topological polar surface area (TPSA) is 54.2 Å². The van der Waals surface area contributed by atoms with E-state index in [0.717, 1.165) is 11.1 Å². The first-order chi connectivity index (χ1) is 13.7. The second-order valence-corrected chi connectivity index (χ2v) is 6.26. The number of aromatic nitrogens is 2. The van der Waals surface area contributed by atoms with Crippen molar-refractivity contribution in [2.45, 2.75) is 19.9 Å². The maximum absolute atomic E-state index is 14.3. The van der Waals surface area contributed by atoms with Gasteiger partial charge in [0, 0.05) is 25.5 Å². The Kier molecular flexibility index (Phi) is 9.04. The summed E-state index contributed by atoms with van der Waals surface area (Å²) in [6.07, 6.45) is 5.54. The number of hydrogen-bond acceptors (Lipinski definition) is 2. The number of halogens is 3. The van der Waals surface area contributed by atoms with Crippen LogP contribution in [-0.4, -0.2) is 28.6 Å². The van der Waals surface area contributed by atoms with E-state index in [4.69, 9.17) is 0 Å². The SMILES string of the molecule is CCNC(=NCc1ccc(-n2ccnc2)c(F)c1)NCCc1cccc(F)c1.I. The highest BCUT2D eigenvalue weighted by Gasteiger charge is 2.06. The van der Waals surface area contributed by atoms with Crippen molar-refractivity contribution in [1.29, 1.82) is 0 Å². The normalized spacial score (nSPS) is 11.1. The molecule has 0 bridgehead atoms. The van der Waals surface area contributed by atoms with Crippen molar-refractivity contribution in [3.8, 4) is 5.69 Å². The van der Waals surface area contributed by atoms with Gasteiger partial charge in [-0.1, -0.05) is 18.2 Å². The summed E-state index contributed by atoms with van der Waals surface area (Å²) in [7, 11) is 0. The highest BCUT2D eigenvalue weighted by molar-refractivity contribution is 14.0. The smallest absolute Gasteiger partial charge is 0.191 e. The molecule has 0 saturated heterocycles. The maximum atomic E-state index is 14.3. The minimum absolute atomic E-state index is 0. The summed E-state index contributed by atoms with van der Waals surface area (Å²) in [6.45, 7) is 3.64. The van der Waals surface area contributed by atoms with Crippen LogP contribution in [0.3, 0.4) is 0 Å². The average Bonchev–Trinajstić information content (AvgIpc) is 3.21. The van der Waals surface area contributed by atoms with E-state index in [9.17, 15) is 8.78 Å². The Labute approximate surface area is 186 Å². The minimum atomic E-state index is -0.324. The number of hydrogen-bond donors (Lipinski definition) is 2. The van der Waals surface area contributed by atoms with E-state index < -0.39 is 0 Å². The van der Waals surface area contributed by atoms with Crippen LogP contribution in [0.5, 0.6) is 0 Å². The second-order valence-electron chi connectivity index (χ2n) is 6.26. The number of rotatable bonds is 7. The number of guanidine groups is 1. The molecule has 8 heteroatoms. The number of imidazole rings is 1. The van der Waals surface area contributed by atoms with E-state index in [1.165, 1.54) is 18.2 Å². The molecule has 5 nitrogen and oxygen atoms in total. The lowest BCUT2D eigenvalue weighted by Crippen LogP contribution is -2.38. The molecule has 3 aromatic rings. The van der Waals surface area contributed by atoms with Gasteiger partial charge in [-0.05, 0) is 48.7 Å². The molecule has 2 N–H and O–H groups in total. The van der Waals surface area contributed by atoms with Crippen LogP contribution in [-0.2, 0) is 13.0 Å². The predicted molar refractivity (Wildman–Crippen MR) is 122 cm³/mol. The van der Waals surface area contributed by atoms with Crippen molar-refractivity contribution in [2.75, 3.05) is 13.1 Å². The van der Waals surface area contributed by atoms with Gasteiger partial charge in [-0.15, -0.1) is 24.0 Å². The van der Waals surface area contributed by atoms with Crippen LogP contribution in [0.2, 0.25) is 0 Å².